The van der Waals surface area contributed by atoms with Gasteiger partial charge in [-0.05, 0) is 58.3 Å². The van der Waals surface area contributed by atoms with E-state index in [0.717, 1.165) is 43.8 Å². The second kappa shape index (κ2) is 11.0. The monoisotopic (exact) mass is 546 g/mol. The van der Waals surface area contributed by atoms with Crippen molar-refractivity contribution in [1.82, 2.24) is 9.21 Å². The first-order valence-electron chi connectivity index (χ1n) is 9.70. The smallest absolute Gasteiger partial charge is 0.179 e. The van der Waals surface area contributed by atoms with Crippen molar-refractivity contribution in [2.75, 3.05) is 32.5 Å². The fraction of sp³-hybridized carbons (Fsp3) is 0.429. The molecule has 1 fully saturated rings. The minimum Gasteiger partial charge on any atom is -0.497 e. The molecule has 8 heteroatoms. The summed E-state index contributed by atoms with van der Waals surface area (Å²) in [5.74, 6) is 0.946. The van der Waals surface area contributed by atoms with Crippen molar-refractivity contribution >= 4 is 40.2 Å². The first-order chi connectivity index (χ1) is 14.0. The van der Waals surface area contributed by atoms with Gasteiger partial charge < -0.3 is 4.74 Å². The third kappa shape index (κ3) is 6.58. The predicted octanol–water partition coefficient (Wildman–Crippen LogP) is 4.43. The summed E-state index contributed by atoms with van der Waals surface area (Å²) in [6.45, 7) is 3.32. The van der Waals surface area contributed by atoms with Crippen molar-refractivity contribution in [3.63, 3.8) is 0 Å². The number of methoxy groups -OCH3 is 1. The maximum Gasteiger partial charge on any atom is 0.179 e. The maximum absolute atomic E-state index is 13.1. The summed E-state index contributed by atoms with van der Waals surface area (Å²) >= 11 is 2.29. The van der Waals surface area contributed by atoms with Crippen molar-refractivity contribution < 1.29 is 13.2 Å². The molecule has 0 spiro atoms. The number of hydrogen-bond donors (Lipinski definition) is 0. The topological polar surface area (TPSA) is 49.9 Å². The lowest BCUT2D eigenvalue weighted by Gasteiger charge is -2.36. The predicted molar refractivity (Wildman–Crippen MR) is 128 cm³/mol. The third-order valence-electron chi connectivity index (χ3n) is 5.17. The molecule has 0 amide bonds. The zero-order chi connectivity index (χ0) is 20.7. The highest BCUT2D eigenvalue weighted by Crippen LogP contribution is 2.26. The molecule has 1 unspecified atom stereocenters. The minimum absolute atomic E-state index is 0.0750. The van der Waals surface area contributed by atoms with Crippen molar-refractivity contribution in [1.29, 1.82) is 0 Å². The second-order valence-corrected chi connectivity index (χ2v) is 11.1. The fourth-order valence-electron chi connectivity index (χ4n) is 3.64. The summed E-state index contributed by atoms with van der Waals surface area (Å²) in [5, 5.41) is 0. The number of hydrogen-bond acceptors (Lipinski definition) is 6. The van der Waals surface area contributed by atoms with Crippen molar-refractivity contribution in [2.24, 2.45) is 0 Å². The van der Waals surface area contributed by atoms with E-state index in [9.17, 15) is 8.42 Å². The molecule has 0 radical (unpaired) electrons. The van der Waals surface area contributed by atoms with Crippen LogP contribution in [-0.4, -0.2) is 56.2 Å². The molecule has 1 aliphatic rings. The molecule has 0 saturated carbocycles. The Labute approximate surface area is 190 Å². The van der Waals surface area contributed by atoms with Crippen LogP contribution in [0.2, 0.25) is 0 Å². The molecular formula is C21H27IN2O3S2. The maximum atomic E-state index is 13.1. The quantitative estimate of drug-likeness (QED) is 0.379. The van der Waals surface area contributed by atoms with Crippen LogP contribution in [0.15, 0.2) is 59.5 Å². The summed E-state index contributed by atoms with van der Waals surface area (Å²) in [6, 6.07) is 16.8. The van der Waals surface area contributed by atoms with E-state index in [-0.39, 0.29) is 11.8 Å². The molecule has 1 heterocycles. The van der Waals surface area contributed by atoms with E-state index in [1.54, 1.807) is 40.5 Å². The van der Waals surface area contributed by atoms with Crippen molar-refractivity contribution in [3.8, 4) is 5.75 Å². The molecule has 158 valence electrons. The fourth-order valence-corrected chi connectivity index (χ4v) is 6.73. The molecule has 0 aromatic heterocycles. The molecular weight excluding hydrogens is 519 g/mol. The Morgan fingerprint density at radius 2 is 1.86 bits per heavy atom. The first kappa shape index (κ1) is 22.9. The molecule has 0 bridgehead atoms. The molecule has 1 saturated heterocycles. The average Bonchev–Trinajstić information content (AvgIpc) is 2.73. The zero-order valence-electron chi connectivity index (χ0n) is 16.5. The van der Waals surface area contributed by atoms with Gasteiger partial charge in [0.15, 0.2) is 9.84 Å². The molecule has 29 heavy (non-hydrogen) atoms. The lowest BCUT2D eigenvalue weighted by molar-refractivity contribution is 0.159. The summed E-state index contributed by atoms with van der Waals surface area (Å²) in [4.78, 5) is 2.73. The highest BCUT2D eigenvalue weighted by Gasteiger charge is 2.29. The van der Waals surface area contributed by atoms with E-state index < -0.39 is 9.84 Å². The van der Waals surface area contributed by atoms with Crippen LogP contribution in [0.3, 0.4) is 0 Å². The van der Waals surface area contributed by atoms with Crippen LogP contribution >= 0.6 is 30.3 Å². The summed E-state index contributed by atoms with van der Waals surface area (Å²) in [6.07, 6.45) is 2.17. The Morgan fingerprint density at radius 1 is 1.10 bits per heavy atom. The van der Waals surface area contributed by atoms with Crippen molar-refractivity contribution in [3.05, 3.63) is 60.2 Å². The SMILES string of the molecule is COc1cccc(CN2CCCCN(SI)CC2CS(=O)(=O)c2ccccc2)c1. The minimum atomic E-state index is -3.36. The number of halogens is 1. The van der Waals surface area contributed by atoms with E-state index in [1.165, 1.54) is 0 Å². The molecule has 3 rings (SSSR count). The van der Waals surface area contributed by atoms with Crippen LogP contribution in [0.5, 0.6) is 5.75 Å². The van der Waals surface area contributed by atoms with E-state index >= 15 is 0 Å². The molecule has 0 N–H and O–H groups in total. The normalized spacial score (nSPS) is 19.4. The van der Waals surface area contributed by atoms with Gasteiger partial charge in [-0.15, -0.1) is 0 Å². The number of sulfone groups is 1. The van der Waals surface area contributed by atoms with Gasteiger partial charge in [0, 0.05) is 46.9 Å². The highest BCUT2D eigenvalue weighted by molar-refractivity contribution is 14.2. The standard InChI is InChI=1S/C21H27IN2O3S2/c1-27-20-9-7-8-18(14-20)15-23-12-5-6-13-24(28-22)16-19(23)17-29(25,26)21-10-3-2-4-11-21/h2-4,7-11,14,19H,5-6,12-13,15-17H2,1H3. The van der Waals surface area contributed by atoms with Crippen LogP contribution in [0.4, 0.5) is 0 Å². The van der Waals surface area contributed by atoms with Gasteiger partial charge in [0.2, 0.25) is 0 Å². The second-order valence-electron chi connectivity index (χ2n) is 7.23. The van der Waals surface area contributed by atoms with Crippen LogP contribution < -0.4 is 4.74 Å². The Bertz CT molecular complexity index is 881. The Hall–Kier alpha value is -0.810. The van der Waals surface area contributed by atoms with Gasteiger partial charge in [-0.2, -0.15) is 0 Å². The zero-order valence-corrected chi connectivity index (χ0v) is 20.3. The summed E-state index contributed by atoms with van der Waals surface area (Å²) in [7, 11) is -0.0256. The molecule has 0 aliphatic carbocycles. The molecule has 2 aromatic carbocycles. The average molecular weight is 546 g/mol. The molecule has 2 aromatic rings. The number of rotatable bonds is 7. The van der Waals surface area contributed by atoms with Crippen LogP contribution in [0.25, 0.3) is 0 Å². The number of nitrogens with zero attached hydrogens (tertiary/aromatic N) is 2. The van der Waals surface area contributed by atoms with Gasteiger partial charge in [-0.3, -0.25) is 4.90 Å². The van der Waals surface area contributed by atoms with Gasteiger partial charge >= 0.3 is 0 Å². The van der Waals surface area contributed by atoms with Gasteiger partial charge in [0.25, 0.3) is 0 Å². The van der Waals surface area contributed by atoms with Crippen molar-refractivity contribution in [2.45, 2.75) is 30.3 Å². The van der Waals surface area contributed by atoms with Crippen LogP contribution in [0, 0.1) is 0 Å². The highest BCUT2D eigenvalue weighted by atomic mass is 127. The molecule has 1 aliphatic heterocycles. The lowest BCUT2D eigenvalue weighted by Crippen LogP contribution is -2.47. The molecule has 1 atom stereocenters. The largest absolute Gasteiger partial charge is 0.497 e. The Balaban J connectivity index is 1.85. The van der Waals surface area contributed by atoms with Gasteiger partial charge in [-0.25, -0.2) is 12.7 Å². The van der Waals surface area contributed by atoms with Crippen LogP contribution in [-0.2, 0) is 16.4 Å². The lowest BCUT2D eigenvalue weighted by atomic mass is 10.1. The third-order valence-corrected chi connectivity index (χ3v) is 9.18. The number of benzene rings is 2. The van der Waals surface area contributed by atoms with E-state index in [0.29, 0.717) is 11.4 Å². The number of ether oxygens (including phenoxy) is 1. The summed E-state index contributed by atoms with van der Waals surface area (Å²) < 4.78 is 33.9. The Morgan fingerprint density at radius 3 is 2.59 bits per heavy atom. The van der Waals surface area contributed by atoms with Gasteiger partial charge in [0.1, 0.15) is 5.75 Å². The van der Waals surface area contributed by atoms with E-state index in [2.05, 4.69) is 36.5 Å². The molecule has 5 nitrogen and oxygen atoms in total. The first-order valence-corrected chi connectivity index (χ1v) is 14.7. The van der Waals surface area contributed by atoms with E-state index in [1.807, 2.05) is 24.3 Å². The Kier molecular flexibility index (Phi) is 8.67. The van der Waals surface area contributed by atoms with Gasteiger partial charge in [0.05, 0.1) is 17.8 Å². The van der Waals surface area contributed by atoms with E-state index in [4.69, 9.17) is 4.74 Å². The van der Waals surface area contributed by atoms with Crippen LogP contribution in [0.1, 0.15) is 18.4 Å². The summed E-state index contributed by atoms with van der Waals surface area (Å²) in [5.41, 5.74) is 1.14. The van der Waals surface area contributed by atoms with Gasteiger partial charge in [-0.1, -0.05) is 30.3 Å².